The molecule has 5 heteroatoms. The van der Waals surface area contributed by atoms with Gasteiger partial charge in [-0.15, -0.1) is 0 Å². The second-order valence-corrected chi connectivity index (χ2v) is 6.44. The molecule has 1 unspecified atom stereocenters. The number of rotatable bonds is 7. The van der Waals surface area contributed by atoms with Crippen molar-refractivity contribution in [3.8, 4) is 0 Å². The summed E-state index contributed by atoms with van der Waals surface area (Å²) in [6, 6.07) is 0.897. The molecule has 0 saturated heterocycles. The van der Waals surface area contributed by atoms with Gasteiger partial charge in [-0.1, -0.05) is 6.92 Å². The van der Waals surface area contributed by atoms with Crippen LogP contribution in [0.2, 0.25) is 0 Å². The molecule has 0 aromatic rings. The molecule has 1 aliphatic rings. The number of carbonyl (C=O) groups is 1. The molecule has 0 aromatic carbocycles. The van der Waals surface area contributed by atoms with Crippen molar-refractivity contribution in [1.29, 1.82) is 0 Å². The molecule has 0 aromatic heterocycles. The Labute approximate surface area is 129 Å². The molecule has 21 heavy (non-hydrogen) atoms. The van der Waals surface area contributed by atoms with Crippen LogP contribution in [0.5, 0.6) is 0 Å². The quantitative estimate of drug-likeness (QED) is 0.755. The zero-order valence-electron chi connectivity index (χ0n) is 14.1. The van der Waals surface area contributed by atoms with E-state index in [4.69, 9.17) is 5.11 Å². The Hall–Kier alpha value is -0.810. The van der Waals surface area contributed by atoms with E-state index in [2.05, 4.69) is 31.1 Å². The molecule has 1 fully saturated rings. The fourth-order valence-corrected chi connectivity index (χ4v) is 2.88. The highest BCUT2D eigenvalue weighted by molar-refractivity contribution is 5.74. The van der Waals surface area contributed by atoms with Crippen molar-refractivity contribution in [2.75, 3.05) is 33.8 Å². The first-order chi connectivity index (χ1) is 9.99. The lowest BCUT2D eigenvalue weighted by Gasteiger charge is -2.34. The van der Waals surface area contributed by atoms with Crippen LogP contribution in [0.3, 0.4) is 0 Å². The third-order valence-electron chi connectivity index (χ3n) is 5.03. The fourth-order valence-electron chi connectivity index (χ4n) is 2.88. The van der Waals surface area contributed by atoms with E-state index in [-0.39, 0.29) is 12.6 Å². The molecule has 5 nitrogen and oxygen atoms in total. The lowest BCUT2D eigenvalue weighted by atomic mass is 9.86. The summed E-state index contributed by atoms with van der Waals surface area (Å²) in [5.74, 6) is 0.432. The van der Waals surface area contributed by atoms with E-state index in [0.717, 1.165) is 38.6 Å². The largest absolute Gasteiger partial charge is 0.396 e. The zero-order chi connectivity index (χ0) is 15.8. The molecule has 0 radical (unpaired) electrons. The van der Waals surface area contributed by atoms with Gasteiger partial charge in [0.2, 0.25) is 0 Å². The van der Waals surface area contributed by atoms with Gasteiger partial charge in [0.25, 0.3) is 0 Å². The van der Waals surface area contributed by atoms with E-state index < -0.39 is 0 Å². The van der Waals surface area contributed by atoms with E-state index in [1.54, 1.807) is 0 Å². The van der Waals surface area contributed by atoms with Gasteiger partial charge in [0.15, 0.2) is 0 Å². The molecule has 1 rings (SSSR count). The number of nitrogens with zero attached hydrogens (tertiary/aromatic N) is 2. The predicted molar refractivity (Wildman–Crippen MR) is 86.4 cm³/mol. The molecular weight excluding hydrogens is 266 g/mol. The summed E-state index contributed by atoms with van der Waals surface area (Å²) in [4.78, 5) is 16.3. The Kier molecular flexibility index (Phi) is 8.04. The third kappa shape index (κ3) is 5.83. The van der Waals surface area contributed by atoms with Gasteiger partial charge < -0.3 is 20.2 Å². The van der Waals surface area contributed by atoms with E-state index in [0.29, 0.717) is 24.5 Å². The van der Waals surface area contributed by atoms with Gasteiger partial charge in [-0.25, -0.2) is 4.79 Å². The molecule has 0 spiro atoms. The molecule has 1 aliphatic carbocycles. The summed E-state index contributed by atoms with van der Waals surface area (Å²) >= 11 is 0. The van der Waals surface area contributed by atoms with Crippen molar-refractivity contribution in [3.63, 3.8) is 0 Å². The highest BCUT2D eigenvalue weighted by atomic mass is 16.3. The van der Waals surface area contributed by atoms with Crippen molar-refractivity contribution in [2.24, 2.45) is 5.92 Å². The molecule has 1 atom stereocenters. The summed E-state index contributed by atoms with van der Waals surface area (Å²) in [6.45, 7) is 6.23. The summed E-state index contributed by atoms with van der Waals surface area (Å²) in [5.41, 5.74) is 0. The van der Waals surface area contributed by atoms with Gasteiger partial charge in [-0.05, 0) is 52.0 Å². The van der Waals surface area contributed by atoms with Gasteiger partial charge in [0, 0.05) is 38.8 Å². The lowest BCUT2D eigenvalue weighted by molar-refractivity contribution is 0.133. The van der Waals surface area contributed by atoms with Gasteiger partial charge >= 0.3 is 6.03 Å². The van der Waals surface area contributed by atoms with Crippen LogP contribution in [0.1, 0.15) is 46.0 Å². The van der Waals surface area contributed by atoms with Crippen molar-refractivity contribution in [3.05, 3.63) is 0 Å². The van der Waals surface area contributed by atoms with Crippen LogP contribution < -0.4 is 5.32 Å². The van der Waals surface area contributed by atoms with E-state index >= 15 is 0 Å². The molecule has 0 bridgehead atoms. The number of likely N-dealkylation sites (N-methyl/N-ethyl adjacent to an activating group) is 1. The number of aliphatic hydroxyl groups excluding tert-OH is 1. The maximum Gasteiger partial charge on any atom is 0.317 e. The van der Waals surface area contributed by atoms with Gasteiger partial charge in [-0.2, -0.15) is 0 Å². The standard InChI is InChI=1S/C16H33N3O2/c1-5-13(2)18(3)11-10-17-16(21)19(4)15-8-6-14(12-20)7-9-15/h13-15,20H,5-12H2,1-4H3,(H,17,21). The zero-order valence-corrected chi connectivity index (χ0v) is 14.1. The molecule has 0 heterocycles. The van der Waals surface area contributed by atoms with Crippen LogP contribution in [-0.4, -0.2) is 66.8 Å². The highest BCUT2D eigenvalue weighted by Gasteiger charge is 2.26. The normalized spacial score (nSPS) is 23.9. The predicted octanol–water partition coefficient (Wildman–Crippen LogP) is 1.91. The molecule has 124 valence electrons. The van der Waals surface area contributed by atoms with Crippen LogP contribution in [0.4, 0.5) is 4.79 Å². The second-order valence-electron chi connectivity index (χ2n) is 6.44. The van der Waals surface area contributed by atoms with Crippen molar-refractivity contribution in [2.45, 2.75) is 58.0 Å². The van der Waals surface area contributed by atoms with Crippen LogP contribution in [0, 0.1) is 5.92 Å². The maximum atomic E-state index is 12.2. The molecule has 2 amide bonds. The summed E-state index contributed by atoms with van der Waals surface area (Å²) < 4.78 is 0. The first-order valence-electron chi connectivity index (χ1n) is 8.31. The summed E-state index contributed by atoms with van der Waals surface area (Å²) in [5, 5.41) is 12.2. The van der Waals surface area contributed by atoms with Gasteiger partial charge in [-0.3, -0.25) is 0 Å². The molecule has 2 N–H and O–H groups in total. The Balaban J connectivity index is 2.25. The monoisotopic (exact) mass is 299 g/mol. The van der Waals surface area contributed by atoms with Crippen molar-refractivity contribution >= 4 is 6.03 Å². The Morgan fingerprint density at radius 2 is 1.90 bits per heavy atom. The number of aliphatic hydroxyl groups is 1. The number of hydrogen-bond acceptors (Lipinski definition) is 3. The van der Waals surface area contributed by atoms with Crippen LogP contribution in [0.25, 0.3) is 0 Å². The summed E-state index contributed by atoms with van der Waals surface area (Å²) in [7, 11) is 3.98. The van der Waals surface area contributed by atoms with Gasteiger partial charge in [0.05, 0.1) is 0 Å². The third-order valence-corrected chi connectivity index (χ3v) is 5.03. The van der Waals surface area contributed by atoms with E-state index in [9.17, 15) is 4.79 Å². The maximum absolute atomic E-state index is 12.2. The minimum atomic E-state index is 0.0278. The number of urea groups is 1. The fraction of sp³-hybridized carbons (Fsp3) is 0.938. The smallest absolute Gasteiger partial charge is 0.317 e. The first kappa shape index (κ1) is 18.2. The number of hydrogen-bond donors (Lipinski definition) is 2. The average molecular weight is 299 g/mol. The SMILES string of the molecule is CCC(C)N(C)CCNC(=O)N(C)C1CCC(CO)CC1. The molecule has 0 aliphatic heterocycles. The van der Waals surface area contributed by atoms with Crippen molar-refractivity contribution in [1.82, 2.24) is 15.1 Å². The topological polar surface area (TPSA) is 55.8 Å². The summed E-state index contributed by atoms with van der Waals surface area (Å²) in [6.07, 6.45) is 5.17. The van der Waals surface area contributed by atoms with Crippen LogP contribution in [0.15, 0.2) is 0 Å². The average Bonchev–Trinajstić information content (AvgIpc) is 2.53. The minimum Gasteiger partial charge on any atom is -0.396 e. The first-order valence-corrected chi connectivity index (χ1v) is 8.31. The minimum absolute atomic E-state index is 0.0278. The highest BCUT2D eigenvalue weighted by Crippen LogP contribution is 2.26. The van der Waals surface area contributed by atoms with E-state index in [1.807, 2.05) is 11.9 Å². The number of amides is 2. The van der Waals surface area contributed by atoms with Crippen LogP contribution >= 0.6 is 0 Å². The number of nitrogens with one attached hydrogen (secondary N) is 1. The lowest BCUT2D eigenvalue weighted by Crippen LogP contribution is -2.47. The Morgan fingerprint density at radius 1 is 1.29 bits per heavy atom. The Morgan fingerprint density at radius 3 is 2.43 bits per heavy atom. The van der Waals surface area contributed by atoms with Crippen LogP contribution in [-0.2, 0) is 0 Å². The molecule has 1 saturated carbocycles. The molecular formula is C16H33N3O2. The van der Waals surface area contributed by atoms with Gasteiger partial charge in [0.1, 0.15) is 0 Å². The Bertz CT molecular complexity index is 304. The van der Waals surface area contributed by atoms with E-state index in [1.165, 1.54) is 0 Å². The second kappa shape index (κ2) is 9.26. The van der Waals surface area contributed by atoms with Crippen molar-refractivity contribution < 1.29 is 9.90 Å². The number of carbonyl (C=O) groups excluding carboxylic acids is 1.